The van der Waals surface area contributed by atoms with Crippen molar-refractivity contribution in [2.45, 2.75) is 51.1 Å². The quantitative estimate of drug-likeness (QED) is 0.563. The monoisotopic (exact) mass is 449 g/mol. The molecule has 3 aromatic heterocycles. The van der Waals surface area contributed by atoms with Gasteiger partial charge in [0.2, 0.25) is 0 Å². The summed E-state index contributed by atoms with van der Waals surface area (Å²) < 4.78 is 29.9. The number of carbonyl (C=O) groups excluding carboxylic acids is 1. The molecule has 3 aromatic rings. The van der Waals surface area contributed by atoms with Gasteiger partial charge in [-0.15, -0.1) is 11.3 Å². The Morgan fingerprint density at radius 1 is 1.39 bits per heavy atom. The summed E-state index contributed by atoms with van der Waals surface area (Å²) in [6, 6.07) is -0.587. The van der Waals surface area contributed by atoms with E-state index in [0.717, 1.165) is 4.88 Å². The van der Waals surface area contributed by atoms with Crippen LogP contribution in [0.15, 0.2) is 18.5 Å². The van der Waals surface area contributed by atoms with Gasteiger partial charge in [0.05, 0.1) is 21.7 Å². The number of rotatable bonds is 4. The molecule has 3 heterocycles. The first-order chi connectivity index (χ1) is 14.6. The maximum Gasteiger partial charge on any atom is 0.338 e. The number of nitrogens with one attached hydrogen (secondary N) is 1. The van der Waals surface area contributed by atoms with Crippen LogP contribution in [0.3, 0.4) is 0 Å². The minimum Gasteiger partial charge on any atom is -0.478 e. The first kappa shape index (κ1) is 21.3. The second kappa shape index (κ2) is 7.65. The van der Waals surface area contributed by atoms with Gasteiger partial charge in [-0.1, -0.05) is 0 Å². The molecule has 0 saturated heterocycles. The Balaban J connectivity index is 1.67. The lowest BCUT2D eigenvalue weighted by molar-refractivity contribution is -0.0674. The third kappa shape index (κ3) is 3.79. The number of aromatic nitrogens is 3. The zero-order chi connectivity index (χ0) is 22.5. The third-order valence-electron chi connectivity index (χ3n) is 5.52. The van der Waals surface area contributed by atoms with Gasteiger partial charge in [-0.3, -0.25) is 4.79 Å². The Hall–Kier alpha value is -2.92. The largest absolute Gasteiger partial charge is 0.478 e. The van der Waals surface area contributed by atoms with Crippen molar-refractivity contribution in [2.75, 3.05) is 0 Å². The number of nitrogens with two attached hydrogens (primary N) is 1. The fourth-order valence-corrected chi connectivity index (χ4v) is 4.88. The van der Waals surface area contributed by atoms with Crippen molar-refractivity contribution in [1.82, 2.24) is 19.9 Å². The van der Waals surface area contributed by atoms with Gasteiger partial charge in [-0.25, -0.2) is 23.1 Å². The molecule has 1 aliphatic carbocycles. The van der Waals surface area contributed by atoms with E-state index in [2.05, 4.69) is 15.4 Å². The smallest absolute Gasteiger partial charge is 0.338 e. The van der Waals surface area contributed by atoms with Crippen molar-refractivity contribution >= 4 is 28.9 Å². The minimum absolute atomic E-state index is 0.00611. The van der Waals surface area contributed by atoms with Gasteiger partial charge in [0.15, 0.2) is 5.65 Å². The van der Waals surface area contributed by atoms with E-state index in [4.69, 9.17) is 10.8 Å². The maximum atomic E-state index is 14.3. The second-order valence-electron chi connectivity index (χ2n) is 7.73. The Kier molecular flexibility index (Phi) is 5.26. The average molecular weight is 449 g/mol. The highest BCUT2D eigenvalue weighted by Crippen LogP contribution is 2.36. The molecule has 8 nitrogen and oxygen atoms in total. The van der Waals surface area contributed by atoms with Crippen LogP contribution in [0.2, 0.25) is 0 Å². The van der Waals surface area contributed by atoms with E-state index in [9.17, 15) is 18.4 Å². The number of aromatic carboxylic acids is 1. The van der Waals surface area contributed by atoms with Crippen LogP contribution in [0.1, 0.15) is 49.9 Å². The first-order valence-electron chi connectivity index (χ1n) is 9.72. The molecule has 0 radical (unpaired) electrons. The van der Waals surface area contributed by atoms with E-state index in [1.54, 1.807) is 13.0 Å². The highest BCUT2D eigenvalue weighted by Gasteiger charge is 2.46. The van der Waals surface area contributed by atoms with Gasteiger partial charge in [0, 0.05) is 35.3 Å². The van der Waals surface area contributed by atoms with Crippen molar-refractivity contribution in [3.05, 3.63) is 39.5 Å². The average Bonchev–Trinajstić information content (AvgIpc) is 3.22. The molecule has 0 bridgehead atoms. The summed E-state index contributed by atoms with van der Waals surface area (Å²) in [6.07, 6.45) is 3.06. The number of fused-ring (bicyclic) bond motifs is 1. The summed E-state index contributed by atoms with van der Waals surface area (Å²) in [5, 5.41) is 15.9. The summed E-state index contributed by atoms with van der Waals surface area (Å²) in [4.78, 5) is 29.2. The van der Waals surface area contributed by atoms with Crippen molar-refractivity contribution in [1.29, 1.82) is 0 Å². The van der Waals surface area contributed by atoms with E-state index in [1.807, 2.05) is 6.92 Å². The Morgan fingerprint density at radius 3 is 2.81 bits per heavy atom. The highest BCUT2D eigenvalue weighted by atomic mass is 32.1. The summed E-state index contributed by atoms with van der Waals surface area (Å²) >= 11 is 1.18. The molecular weight excluding hydrogens is 428 g/mol. The van der Waals surface area contributed by atoms with Gasteiger partial charge in [-0.05, 0) is 32.8 Å². The predicted octanol–water partition coefficient (Wildman–Crippen LogP) is 3.02. The van der Waals surface area contributed by atoms with Crippen molar-refractivity contribution in [2.24, 2.45) is 5.73 Å². The van der Waals surface area contributed by atoms with Crippen LogP contribution in [0.5, 0.6) is 0 Å². The maximum absolute atomic E-state index is 14.3. The van der Waals surface area contributed by atoms with Gasteiger partial charge in [0.1, 0.15) is 6.04 Å². The molecule has 2 atom stereocenters. The number of carboxylic acid groups (broad SMARTS) is 1. The van der Waals surface area contributed by atoms with E-state index in [1.165, 1.54) is 28.2 Å². The predicted molar refractivity (Wildman–Crippen MR) is 111 cm³/mol. The fourth-order valence-electron chi connectivity index (χ4n) is 3.95. The molecule has 1 amide bonds. The molecule has 0 aliphatic heterocycles. The molecule has 4 rings (SSSR count). The summed E-state index contributed by atoms with van der Waals surface area (Å²) in [5.74, 6) is -4.77. The number of hydrogen-bond acceptors (Lipinski definition) is 6. The molecule has 164 valence electrons. The van der Waals surface area contributed by atoms with E-state index >= 15 is 0 Å². The van der Waals surface area contributed by atoms with Gasteiger partial charge in [-0.2, -0.15) is 5.10 Å². The van der Waals surface area contributed by atoms with Crippen LogP contribution in [0.4, 0.5) is 8.78 Å². The zero-order valence-corrected chi connectivity index (χ0v) is 17.7. The number of thiophene rings is 1. The molecule has 1 fully saturated rings. The number of halogens is 2. The molecular formula is C20H21F2N5O3S. The number of carbonyl (C=O) groups is 2. The third-order valence-corrected chi connectivity index (χ3v) is 6.57. The van der Waals surface area contributed by atoms with Crippen LogP contribution in [-0.4, -0.2) is 49.6 Å². The summed E-state index contributed by atoms with van der Waals surface area (Å²) in [6.45, 7) is 3.56. The number of amides is 1. The van der Waals surface area contributed by atoms with Gasteiger partial charge >= 0.3 is 5.97 Å². The molecule has 31 heavy (non-hydrogen) atoms. The minimum atomic E-state index is -3.05. The standard InChI is InChI=1S/C20H21F2N5O3S/c1-9-15(17-24-7-11(19(29)30)8-27(17)26-9)12-6-14(31-10(12)2)18(28)25-16-13(23)4-3-5-20(16,21)22/h6-8,13,16H,3-5,23H2,1-2H3,(H,25,28)(H,29,30). The lowest BCUT2D eigenvalue weighted by Gasteiger charge is -2.36. The van der Waals surface area contributed by atoms with Crippen LogP contribution >= 0.6 is 11.3 Å². The molecule has 2 unspecified atom stereocenters. The number of nitrogens with zero attached hydrogens (tertiary/aromatic N) is 3. The first-order valence-corrected chi connectivity index (χ1v) is 10.5. The van der Waals surface area contributed by atoms with Crippen LogP contribution in [0.25, 0.3) is 16.8 Å². The number of alkyl halides is 2. The Labute approximate surface area is 180 Å². The van der Waals surface area contributed by atoms with E-state index in [-0.39, 0.29) is 16.9 Å². The molecule has 11 heteroatoms. The lowest BCUT2D eigenvalue weighted by Crippen LogP contribution is -2.59. The van der Waals surface area contributed by atoms with Gasteiger partial charge in [0.25, 0.3) is 11.8 Å². The molecule has 1 saturated carbocycles. The number of carboxylic acids is 1. The van der Waals surface area contributed by atoms with Gasteiger partial charge < -0.3 is 16.2 Å². The SMILES string of the molecule is Cc1nn2cc(C(=O)O)cnc2c1-c1cc(C(=O)NC2C(N)CCCC2(F)F)sc1C. The van der Waals surface area contributed by atoms with Crippen molar-refractivity contribution in [3.63, 3.8) is 0 Å². The van der Waals surface area contributed by atoms with Crippen LogP contribution < -0.4 is 11.1 Å². The van der Waals surface area contributed by atoms with Crippen LogP contribution in [0, 0.1) is 13.8 Å². The number of aryl methyl sites for hydroxylation is 2. The molecule has 0 spiro atoms. The molecule has 1 aliphatic rings. The van der Waals surface area contributed by atoms with Crippen LogP contribution in [-0.2, 0) is 0 Å². The summed E-state index contributed by atoms with van der Waals surface area (Å²) in [5.41, 5.74) is 8.24. The highest BCUT2D eigenvalue weighted by molar-refractivity contribution is 7.14. The number of hydrogen-bond donors (Lipinski definition) is 3. The zero-order valence-electron chi connectivity index (χ0n) is 16.9. The summed E-state index contributed by atoms with van der Waals surface area (Å²) in [7, 11) is 0. The fraction of sp³-hybridized carbons (Fsp3) is 0.400. The topological polar surface area (TPSA) is 123 Å². The molecule has 4 N–H and O–H groups in total. The van der Waals surface area contributed by atoms with Crippen molar-refractivity contribution in [3.8, 4) is 11.1 Å². The van der Waals surface area contributed by atoms with E-state index in [0.29, 0.717) is 35.3 Å². The normalized spacial score (nSPS) is 20.7. The second-order valence-corrected chi connectivity index (χ2v) is 8.98. The lowest BCUT2D eigenvalue weighted by atomic mass is 9.87. The Morgan fingerprint density at radius 2 is 2.13 bits per heavy atom. The molecule has 0 aromatic carbocycles. The van der Waals surface area contributed by atoms with Crippen molar-refractivity contribution < 1.29 is 23.5 Å². The van der Waals surface area contributed by atoms with E-state index < -0.39 is 29.9 Å². The Bertz CT molecular complexity index is 1190.